The lowest BCUT2D eigenvalue weighted by Crippen LogP contribution is -2.12. The smallest absolute Gasteiger partial charge is 0.0600 e. The van der Waals surface area contributed by atoms with Gasteiger partial charge in [0.25, 0.3) is 0 Å². The van der Waals surface area contributed by atoms with Crippen LogP contribution in [0.5, 0.6) is 0 Å². The second kappa shape index (κ2) is 4.07. The van der Waals surface area contributed by atoms with Gasteiger partial charge in [-0.2, -0.15) is 0 Å². The number of hydrogen-bond acceptors (Lipinski definition) is 2. The predicted octanol–water partition coefficient (Wildman–Crippen LogP) is 1.69. The maximum absolute atomic E-state index is 5.34. The number of methoxy groups -OCH3 is 2. The first-order valence-electron chi connectivity index (χ1n) is 4.29. The van der Waals surface area contributed by atoms with Crippen LogP contribution in [-0.2, 0) is 9.47 Å². The molecule has 2 nitrogen and oxygen atoms in total. The van der Waals surface area contributed by atoms with Gasteiger partial charge < -0.3 is 9.47 Å². The van der Waals surface area contributed by atoms with E-state index in [2.05, 4.69) is 6.92 Å². The maximum atomic E-state index is 5.34. The molecule has 0 aliphatic heterocycles. The van der Waals surface area contributed by atoms with Crippen molar-refractivity contribution in [1.82, 2.24) is 0 Å². The summed E-state index contributed by atoms with van der Waals surface area (Å²) in [6.45, 7) is 3.15. The Morgan fingerprint density at radius 3 is 2.45 bits per heavy atom. The van der Waals surface area contributed by atoms with E-state index in [1.54, 1.807) is 14.2 Å². The average molecular weight is 158 g/mol. The van der Waals surface area contributed by atoms with Crippen molar-refractivity contribution in [1.29, 1.82) is 0 Å². The summed E-state index contributed by atoms with van der Waals surface area (Å²) >= 11 is 0. The lowest BCUT2D eigenvalue weighted by molar-refractivity contribution is 0.0720. The van der Waals surface area contributed by atoms with Crippen molar-refractivity contribution < 1.29 is 9.47 Å². The Morgan fingerprint density at radius 1 is 1.27 bits per heavy atom. The third-order valence-corrected chi connectivity index (χ3v) is 2.61. The standard InChI is InChI=1S/C9H18O2/c1-7-4-8(6-10-2)5-9(7)11-3/h7-9H,4-6H2,1-3H3/t7-,8+,9-/m1/s1. The Balaban J connectivity index is 2.30. The minimum Gasteiger partial charge on any atom is -0.384 e. The molecule has 66 valence electrons. The van der Waals surface area contributed by atoms with E-state index >= 15 is 0 Å². The molecule has 0 aromatic heterocycles. The van der Waals surface area contributed by atoms with Gasteiger partial charge in [-0.25, -0.2) is 0 Å². The molecule has 1 saturated carbocycles. The molecular weight excluding hydrogens is 140 g/mol. The summed E-state index contributed by atoms with van der Waals surface area (Å²) < 4.78 is 10.5. The number of hydrogen-bond donors (Lipinski definition) is 0. The maximum Gasteiger partial charge on any atom is 0.0600 e. The van der Waals surface area contributed by atoms with E-state index in [0.717, 1.165) is 12.5 Å². The van der Waals surface area contributed by atoms with Crippen molar-refractivity contribution in [3.8, 4) is 0 Å². The first-order chi connectivity index (χ1) is 5.27. The first-order valence-corrected chi connectivity index (χ1v) is 4.29. The molecule has 11 heavy (non-hydrogen) atoms. The Labute approximate surface area is 68.9 Å². The summed E-state index contributed by atoms with van der Waals surface area (Å²) in [6, 6.07) is 0. The SMILES string of the molecule is COC[C@H]1C[C@@H](C)[C@H](OC)C1. The highest BCUT2D eigenvalue weighted by Crippen LogP contribution is 2.32. The zero-order chi connectivity index (χ0) is 8.27. The molecule has 3 atom stereocenters. The average Bonchev–Trinajstić information content (AvgIpc) is 2.32. The Morgan fingerprint density at radius 2 is 2.00 bits per heavy atom. The fourth-order valence-corrected chi connectivity index (χ4v) is 2.03. The molecule has 0 amide bonds. The fraction of sp³-hybridized carbons (Fsp3) is 1.00. The third-order valence-electron chi connectivity index (χ3n) is 2.61. The second-order valence-corrected chi connectivity index (χ2v) is 3.54. The first kappa shape index (κ1) is 9.01. The third kappa shape index (κ3) is 2.17. The van der Waals surface area contributed by atoms with Crippen molar-refractivity contribution in [2.45, 2.75) is 25.9 Å². The van der Waals surface area contributed by atoms with Crippen molar-refractivity contribution in [2.24, 2.45) is 11.8 Å². The molecule has 0 saturated heterocycles. The van der Waals surface area contributed by atoms with Crippen LogP contribution in [0.3, 0.4) is 0 Å². The van der Waals surface area contributed by atoms with E-state index < -0.39 is 0 Å². The quantitative estimate of drug-likeness (QED) is 0.622. The van der Waals surface area contributed by atoms with Gasteiger partial charge in [0, 0.05) is 20.8 Å². The van der Waals surface area contributed by atoms with Gasteiger partial charge in [0.1, 0.15) is 0 Å². The highest BCUT2D eigenvalue weighted by atomic mass is 16.5. The molecule has 0 spiro atoms. The van der Waals surface area contributed by atoms with E-state index in [4.69, 9.17) is 9.47 Å². The van der Waals surface area contributed by atoms with Crippen LogP contribution in [0.25, 0.3) is 0 Å². The van der Waals surface area contributed by atoms with Gasteiger partial charge in [-0.05, 0) is 24.7 Å². The number of rotatable bonds is 3. The molecule has 1 aliphatic carbocycles. The molecule has 0 aromatic carbocycles. The molecule has 1 fully saturated rings. The van der Waals surface area contributed by atoms with Gasteiger partial charge in [-0.3, -0.25) is 0 Å². The fourth-order valence-electron chi connectivity index (χ4n) is 2.03. The Bertz CT molecular complexity index is 114. The summed E-state index contributed by atoms with van der Waals surface area (Å²) in [6.07, 6.45) is 2.90. The van der Waals surface area contributed by atoms with Gasteiger partial charge in [-0.15, -0.1) is 0 Å². The van der Waals surface area contributed by atoms with Crippen molar-refractivity contribution in [3.63, 3.8) is 0 Å². The van der Waals surface area contributed by atoms with Crippen LogP contribution in [0.1, 0.15) is 19.8 Å². The summed E-state index contributed by atoms with van der Waals surface area (Å²) in [5.41, 5.74) is 0. The second-order valence-electron chi connectivity index (χ2n) is 3.54. The molecule has 2 heteroatoms. The molecule has 0 bridgehead atoms. The minimum absolute atomic E-state index is 0.468. The lowest BCUT2D eigenvalue weighted by Gasteiger charge is -2.11. The molecule has 0 radical (unpaired) electrons. The molecule has 0 aromatic rings. The van der Waals surface area contributed by atoms with Crippen molar-refractivity contribution in [3.05, 3.63) is 0 Å². The topological polar surface area (TPSA) is 18.5 Å². The summed E-state index contributed by atoms with van der Waals surface area (Å²) in [7, 11) is 3.57. The predicted molar refractivity (Wildman–Crippen MR) is 44.6 cm³/mol. The molecule has 0 unspecified atom stereocenters. The van der Waals surface area contributed by atoms with E-state index in [-0.39, 0.29) is 0 Å². The highest BCUT2D eigenvalue weighted by molar-refractivity contribution is 4.81. The molecule has 1 aliphatic rings. The summed E-state index contributed by atoms with van der Waals surface area (Å²) in [4.78, 5) is 0. The van der Waals surface area contributed by atoms with Crippen LogP contribution in [0.15, 0.2) is 0 Å². The zero-order valence-electron chi connectivity index (χ0n) is 7.67. The van der Waals surface area contributed by atoms with Crippen LogP contribution >= 0.6 is 0 Å². The molecule has 1 rings (SSSR count). The minimum atomic E-state index is 0.468. The van der Waals surface area contributed by atoms with Crippen molar-refractivity contribution >= 4 is 0 Å². The van der Waals surface area contributed by atoms with Crippen LogP contribution in [0.2, 0.25) is 0 Å². The van der Waals surface area contributed by atoms with Crippen LogP contribution in [-0.4, -0.2) is 26.9 Å². The van der Waals surface area contributed by atoms with Gasteiger partial charge in [-0.1, -0.05) is 6.92 Å². The van der Waals surface area contributed by atoms with Crippen LogP contribution in [0, 0.1) is 11.8 Å². The molecule has 0 heterocycles. The highest BCUT2D eigenvalue weighted by Gasteiger charge is 2.30. The number of ether oxygens (including phenoxy) is 2. The van der Waals surface area contributed by atoms with Crippen LogP contribution in [0.4, 0.5) is 0 Å². The van der Waals surface area contributed by atoms with Gasteiger partial charge >= 0.3 is 0 Å². The Kier molecular flexibility index (Phi) is 3.34. The van der Waals surface area contributed by atoms with Gasteiger partial charge in [0.15, 0.2) is 0 Å². The largest absolute Gasteiger partial charge is 0.384 e. The normalized spacial score (nSPS) is 37.9. The van der Waals surface area contributed by atoms with Gasteiger partial charge in [0.2, 0.25) is 0 Å². The van der Waals surface area contributed by atoms with E-state index in [1.165, 1.54) is 12.8 Å². The molecule has 0 N–H and O–H groups in total. The van der Waals surface area contributed by atoms with Crippen molar-refractivity contribution in [2.75, 3.05) is 20.8 Å². The van der Waals surface area contributed by atoms with Crippen LogP contribution < -0.4 is 0 Å². The molecular formula is C9H18O2. The van der Waals surface area contributed by atoms with E-state index in [1.807, 2.05) is 0 Å². The van der Waals surface area contributed by atoms with Gasteiger partial charge in [0.05, 0.1) is 6.10 Å². The lowest BCUT2D eigenvalue weighted by atomic mass is 10.1. The van der Waals surface area contributed by atoms with E-state index in [0.29, 0.717) is 12.0 Å². The summed E-state index contributed by atoms with van der Waals surface area (Å²) in [5.74, 6) is 1.43. The monoisotopic (exact) mass is 158 g/mol. The Hall–Kier alpha value is -0.0800. The van der Waals surface area contributed by atoms with E-state index in [9.17, 15) is 0 Å². The zero-order valence-corrected chi connectivity index (χ0v) is 7.67. The summed E-state index contributed by atoms with van der Waals surface area (Å²) in [5, 5.41) is 0.